The molecule has 0 aliphatic heterocycles. The third kappa shape index (κ3) is 5.76. The first-order chi connectivity index (χ1) is 11.5. The Morgan fingerprint density at radius 3 is 2.29 bits per heavy atom. The van der Waals surface area contributed by atoms with Gasteiger partial charge in [0.05, 0.1) is 0 Å². The summed E-state index contributed by atoms with van der Waals surface area (Å²) in [6.07, 6.45) is 0. The number of amides is 1. The molecule has 0 aromatic heterocycles. The van der Waals surface area contributed by atoms with E-state index in [1.54, 1.807) is 24.3 Å². The molecule has 0 saturated carbocycles. The third-order valence-corrected chi connectivity index (χ3v) is 3.24. The van der Waals surface area contributed by atoms with Crippen molar-refractivity contribution >= 4 is 11.9 Å². The van der Waals surface area contributed by atoms with Gasteiger partial charge in [-0.05, 0) is 49.2 Å². The van der Waals surface area contributed by atoms with E-state index in [2.05, 4.69) is 11.4 Å². The molecule has 1 N–H and O–H groups in total. The molecule has 5 heteroatoms. The molecule has 2 rings (SSSR count). The van der Waals surface area contributed by atoms with Crippen molar-refractivity contribution < 1.29 is 19.1 Å². The average Bonchev–Trinajstić information content (AvgIpc) is 2.56. The zero-order valence-electron chi connectivity index (χ0n) is 13.9. The van der Waals surface area contributed by atoms with Crippen molar-refractivity contribution in [3.63, 3.8) is 0 Å². The fraction of sp³-hybridized carbons (Fsp3) is 0.263. The summed E-state index contributed by atoms with van der Waals surface area (Å²) in [4.78, 5) is 23.4. The van der Waals surface area contributed by atoms with E-state index in [4.69, 9.17) is 9.47 Å². The first kappa shape index (κ1) is 17.5. The molecule has 0 atom stereocenters. The Labute approximate surface area is 141 Å². The van der Waals surface area contributed by atoms with Gasteiger partial charge in [-0.3, -0.25) is 9.59 Å². The molecule has 0 saturated heterocycles. The van der Waals surface area contributed by atoms with Gasteiger partial charge in [0.2, 0.25) is 0 Å². The van der Waals surface area contributed by atoms with Crippen LogP contribution in [-0.2, 0) is 9.53 Å². The van der Waals surface area contributed by atoms with Gasteiger partial charge in [-0.2, -0.15) is 0 Å². The highest BCUT2D eigenvalue weighted by atomic mass is 16.6. The van der Waals surface area contributed by atoms with Crippen LogP contribution in [0.2, 0.25) is 0 Å². The maximum atomic E-state index is 11.8. The number of nitrogens with one attached hydrogen (secondary N) is 1. The predicted molar refractivity (Wildman–Crippen MR) is 91.1 cm³/mol. The lowest BCUT2D eigenvalue weighted by atomic mass is 10.1. The molecule has 2 aromatic carbocycles. The first-order valence-corrected chi connectivity index (χ1v) is 7.74. The Kier molecular flexibility index (Phi) is 6.37. The van der Waals surface area contributed by atoms with E-state index in [1.807, 2.05) is 32.0 Å². The van der Waals surface area contributed by atoms with E-state index >= 15 is 0 Å². The van der Waals surface area contributed by atoms with Crippen LogP contribution in [0.15, 0.2) is 48.5 Å². The second kappa shape index (κ2) is 8.72. The molecule has 0 heterocycles. The molecule has 0 radical (unpaired) electrons. The lowest BCUT2D eigenvalue weighted by molar-refractivity contribution is -0.143. The van der Waals surface area contributed by atoms with E-state index in [-0.39, 0.29) is 25.7 Å². The van der Waals surface area contributed by atoms with Crippen LogP contribution in [0.1, 0.15) is 21.5 Å². The minimum absolute atomic E-state index is 0.132. The fourth-order valence-electron chi connectivity index (χ4n) is 2.23. The summed E-state index contributed by atoms with van der Waals surface area (Å²) in [6.45, 7) is 4.22. The molecule has 126 valence electrons. The highest BCUT2D eigenvalue weighted by Gasteiger charge is 2.08. The third-order valence-electron chi connectivity index (χ3n) is 3.24. The fourth-order valence-corrected chi connectivity index (χ4v) is 2.23. The number of esters is 1. The van der Waals surface area contributed by atoms with E-state index in [0.717, 1.165) is 16.9 Å². The SMILES string of the molecule is Cc1cc(C)cc(OCCOC(=O)CNC(=O)c2ccccc2)c1. The van der Waals surface area contributed by atoms with E-state index < -0.39 is 5.97 Å². The molecule has 0 aliphatic carbocycles. The van der Waals surface area contributed by atoms with Crippen LogP contribution in [0.3, 0.4) is 0 Å². The Balaban J connectivity index is 1.65. The second-order valence-electron chi connectivity index (χ2n) is 5.44. The van der Waals surface area contributed by atoms with E-state index in [0.29, 0.717) is 5.56 Å². The molecule has 24 heavy (non-hydrogen) atoms. The summed E-state index contributed by atoms with van der Waals surface area (Å²) in [7, 11) is 0. The molecule has 1 amide bonds. The summed E-state index contributed by atoms with van der Waals surface area (Å²) < 4.78 is 10.6. The van der Waals surface area contributed by atoms with Crippen LogP contribution in [0.4, 0.5) is 0 Å². The molecule has 0 spiro atoms. The van der Waals surface area contributed by atoms with E-state index in [9.17, 15) is 9.59 Å². The van der Waals surface area contributed by atoms with Crippen molar-refractivity contribution in [1.29, 1.82) is 0 Å². The second-order valence-corrected chi connectivity index (χ2v) is 5.44. The number of aryl methyl sites for hydroxylation is 2. The molecule has 0 bridgehead atoms. The Bertz CT molecular complexity index is 678. The Morgan fingerprint density at radius 2 is 1.62 bits per heavy atom. The van der Waals surface area contributed by atoms with Crippen LogP contribution in [-0.4, -0.2) is 31.6 Å². The molecule has 0 aliphatic rings. The van der Waals surface area contributed by atoms with Gasteiger partial charge in [0.25, 0.3) is 5.91 Å². The minimum Gasteiger partial charge on any atom is -0.490 e. The van der Waals surface area contributed by atoms with Gasteiger partial charge in [0.15, 0.2) is 0 Å². The maximum Gasteiger partial charge on any atom is 0.325 e. The summed E-state index contributed by atoms with van der Waals surface area (Å²) in [6, 6.07) is 14.6. The van der Waals surface area contributed by atoms with Gasteiger partial charge in [0, 0.05) is 5.56 Å². The normalized spacial score (nSPS) is 10.1. The minimum atomic E-state index is -0.497. The van der Waals surface area contributed by atoms with Crippen molar-refractivity contribution in [2.75, 3.05) is 19.8 Å². The number of hydrogen-bond donors (Lipinski definition) is 1. The monoisotopic (exact) mass is 327 g/mol. The zero-order valence-corrected chi connectivity index (χ0v) is 13.9. The van der Waals surface area contributed by atoms with Crippen LogP contribution in [0.5, 0.6) is 5.75 Å². The van der Waals surface area contributed by atoms with Crippen LogP contribution in [0, 0.1) is 13.8 Å². The van der Waals surface area contributed by atoms with Crippen LogP contribution >= 0.6 is 0 Å². The number of hydrogen-bond acceptors (Lipinski definition) is 4. The number of carbonyl (C=O) groups is 2. The Hall–Kier alpha value is -2.82. The Morgan fingerprint density at radius 1 is 0.958 bits per heavy atom. The largest absolute Gasteiger partial charge is 0.490 e. The summed E-state index contributed by atoms with van der Waals surface area (Å²) in [5, 5.41) is 2.52. The lowest BCUT2D eigenvalue weighted by Gasteiger charge is -2.09. The quantitative estimate of drug-likeness (QED) is 0.627. The summed E-state index contributed by atoms with van der Waals surface area (Å²) in [5.74, 6) is -0.0525. The van der Waals surface area contributed by atoms with Gasteiger partial charge < -0.3 is 14.8 Å². The smallest absolute Gasteiger partial charge is 0.325 e. The topological polar surface area (TPSA) is 64.6 Å². The highest BCUT2D eigenvalue weighted by molar-refractivity contribution is 5.95. The van der Waals surface area contributed by atoms with Crippen LogP contribution in [0.25, 0.3) is 0 Å². The summed E-state index contributed by atoms with van der Waals surface area (Å²) in [5.41, 5.74) is 2.74. The standard InChI is InChI=1S/C19H21NO4/c1-14-10-15(2)12-17(11-14)23-8-9-24-18(21)13-20-19(22)16-6-4-3-5-7-16/h3-7,10-12H,8-9,13H2,1-2H3,(H,20,22). The van der Waals surface area contributed by atoms with Gasteiger partial charge in [-0.15, -0.1) is 0 Å². The van der Waals surface area contributed by atoms with Gasteiger partial charge in [-0.1, -0.05) is 24.3 Å². The number of carbonyl (C=O) groups excluding carboxylic acids is 2. The van der Waals surface area contributed by atoms with Crippen molar-refractivity contribution in [2.24, 2.45) is 0 Å². The van der Waals surface area contributed by atoms with Crippen molar-refractivity contribution in [3.05, 3.63) is 65.2 Å². The van der Waals surface area contributed by atoms with Crippen molar-refractivity contribution in [2.45, 2.75) is 13.8 Å². The lowest BCUT2D eigenvalue weighted by Crippen LogP contribution is -2.31. The number of rotatable bonds is 7. The predicted octanol–water partition coefficient (Wildman–Crippen LogP) is 2.66. The van der Waals surface area contributed by atoms with E-state index in [1.165, 1.54) is 0 Å². The molecule has 0 unspecified atom stereocenters. The number of ether oxygens (including phenoxy) is 2. The average molecular weight is 327 g/mol. The van der Waals surface area contributed by atoms with Crippen molar-refractivity contribution in [3.8, 4) is 5.75 Å². The molecule has 5 nitrogen and oxygen atoms in total. The van der Waals surface area contributed by atoms with Gasteiger partial charge in [-0.25, -0.2) is 0 Å². The number of benzene rings is 2. The molecule has 2 aromatic rings. The molecule has 0 fully saturated rings. The summed E-state index contributed by atoms with van der Waals surface area (Å²) >= 11 is 0. The van der Waals surface area contributed by atoms with Gasteiger partial charge >= 0.3 is 5.97 Å². The zero-order chi connectivity index (χ0) is 17.4. The van der Waals surface area contributed by atoms with Gasteiger partial charge in [0.1, 0.15) is 25.5 Å². The van der Waals surface area contributed by atoms with Crippen molar-refractivity contribution in [1.82, 2.24) is 5.32 Å². The first-order valence-electron chi connectivity index (χ1n) is 7.74. The highest BCUT2D eigenvalue weighted by Crippen LogP contribution is 2.15. The van der Waals surface area contributed by atoms with Crippen LogP contribution < -0.4 is 10.1 Å². The molecular formula is C19H21NO4. The molecular weight excluding hydrogens is 306 g/mol. The maximum absolute atomic E-state index is 11.8.